The Labute approximate surface area is 139 Å². The molecule has 0 N–H and O–H groups in total. The molecule has 24 heavy (non-hydrogen) atoms. The molecular formula is C18H18N2O4. The maximum absolute atomic E-state index is 13.0. The molecule has 0 aromatic heterocycles. The van der Waals surface area contributed by atoms with Crippen molar-refractivity contribution in [2.45, 2.75) is 26.7 Å². The van der Waals surface area contributed by atoms with E-state index in [4.69, 9.17) is 0 Å². The van der Waals surface area contributed by atoms with E-state index < -0.39 is 4.92 Å². The van der Waals surface area contributed by atoms with Crippen molar-refractivity contribution in [1.82, 2.24) is 0 Å². The topological polar surface area (TPSA) is 80.5 Å². The van der Waals surface area contributed by atoms with E-state index in [9.17, 15) is 19.7 Å². The number of imide groups is 1. The van der Waals surface area contributed by atoms with E-state index in [1.54, 1.807) is 13.0 Å². The lowest BCUT2D eigenvalue weighted by Gasteiger charge is -2.38. The Morgan fingerprint density at radius 3 is 1.96 bits per heavy atom. The highest BCUT2D eigenvalue weighted by Crippen LogP contribution is 2.51. The summed E-state index contributed by atoms with van der Waals surface area (Å²) in [6, 6.07) is 3.04. The molecule has 1 heterocycles. The van der Waals surface area contributed by atoms with Crippen LogP contribution in [0.25, 0.3) is 0 Å². The van der Waals surface area contributed by atoms with Crippen molar-refractivity contribution < 1.29 is 14.5 Å². The standard InChI is InChI=1S/C18H18N2O4/c1-9-7-13(14(20(23)24)8-10(9)2)19-17(21)15-11-3-4-12(6-5-11)16(15)18(19)22/h3-4,7-8,11-12,15-16H,5-6H2,1-2H3/t11-,12-,15-,16-/m1/s1. The Bertz CT molecular complexity index is 781. The van der Waals surface area contributed by atoms with Crippen LogP contribution in [0.1, 0.15) is 24.0 Å². The van der Waals surface area contributed by atoms with Crippen molar-refractivity contribution in [3.63, 3.8) is 0 Å². The van der Waals surface area contributed by atoms with E-state index in [0.29, 0.717) is 0 Å². The second-order valence-electron chi connectivity index (χ2n) is 7.04. The number of nitro benzene ring substituents is 1. The van der Waals surface area contributed by atoms with Crippen LogP contribution in [0.2, 0.25) is 0 Å². The molecule has 5 rings (SSSR count). The summed E-state index contributed by atoms with van der Waals surface area (Å²) in [6.45, 7) is 3.61. The molecule has 2 bridgehead atoms. The maximum Gasteiger partial charge on any atom is 0.293 e. The van der Waals surface area contributed by atoms with Crippen molar-refractivity contribution in [3.8, 4) is 0 Å². The van der Waals surface area contributed by atoms with Gasteiger partial charge in [0.05, 0.1) is 16.8 Å². The molecular weight excluding hydrogens is 308 g/mol. The lowest BCUT2D eigenvalue weighted by Crippen LogP contribution is -2.38. The molecule has 3 aliphatic carbocycles. The van der Waals surface area contributed by atoms with E-state index >= 15 is 0 Å². The summed E-state index contributed by atoms with van der Waals surface area (Å²) >= 11 is 0. The highest BCUT2D eigenvalue weighted by molar-refractivity contribution is 6.23. The van der Waals surface area contributed by atoms with Gasteiger partial charge in [0.1, 0.15) is 5.69 Å². The third-order valence-corrected chi connectivity index (χ3v) is 5.79. The van der Waals surface area contributed by atoms with Gasteiger partial charge < -0.3 is 0 Å². The first kappa shape index (κ1) is 15.1. The monoisotopic (exact) mass is 326 g/mol. The van der Waals surface area contributed by atoms with Crippen LogP contribution in [0.4, 0.5) is 11.4 Å². The molecule has 6 nitrogen and oxygen atoms in total. The molecule has 4 atom stereocenters. The zero-order valence-corrected chi connectivity index (χ0v) is 13.6. The lowest BCUT2D eigenvalue weighted by atomic mass is 9.63. The summed E-state index contributed by atoms with van der Waals surface area (Å²) in [7, 11) is 0. The van der Waals surface area contributed by atoms with Crippen molar-refractivity contribution >= 4 is 23.2 Å². The van der Waals surface area contributed by atoms with Gasteiger partial charge in [-0.05, 0) is 55.7 Å². The highest BCUT2D eigenvalue weighted by Gasteiger charge is 2.57. The molecule has 2 fully saturated rings. The van der Waals surface area contributed by atoms with Crippen LogP contribution in [-0.4, -0.2) is 16.7 Å². The van der Waals surface area contributed by atoms with Crippen LogP contribution >= 0.6 is 0 Å². The summed E-state index contributed by atoms with van der Waals surface area (Å²) in [5, 5.41) is 11.5. The molecule has 0 spiro atoms. The Morgan fingerprint density at radius 2 is 1.50 bits per heavy atom. The number of hydrogen-bond acceptors (Lipinski definition) is 4. The normalized spacial score (nSPS) is 30.8. The quantitative estimate of drug-likeness (QED) is 0.362. The number of hydrogen-bond donors (Lipinski definition) is 0. The Kier molecular flexibility index (Phi) is 3.13. The number of rotatable bonds is 2. The molecule has 124 valence electrons. The summed E-state index contributed by atoms with van der Waals surface area (Å²) < 4.78 is 0. The zero-order valence-electron chi connectivity index (χ0n) is 13.6. The van der Waals surface area contributed by atoms with Gasteiger partial charge in [-0.3, -0.25) is 19.7 Å². The second kappa shape index (κ2) is 5.00. The number of carbonyl (C=O) groups excluding carboxylic acids is 2. The Balaban J connectivity index is 1.84. The van der Waals surface area contributed by atoms with E-state index in [-0.39, 0.29) is 46.9 Å². The SMILES string of the molecule is Cc1cc(N2C(=O)[C@H]3[C@H](C2=O)[C@@H]2C=C[C@@H]3CC2)c([N+](=O)[O-])cc1C. The fourth-order valence-electron chi connectivity index (χ4n) is 4.42. The first-order valence-electron chi connectivity index (χ1n) is 8.22. The van der Waals surface area contributed by atoms with Gasteiger partial charge in [0, 0.05) is 6.07 Å². The largest absolute Gasteiger partial charge is 0.293 e. The van der Waals surface area contributed by atoms with Crippen molar-refractivity contribution in [2.75, 3.05) is 4.90 Å². The predicted molar refractivity (Wildman–Crippen MR) is 87.4 cm³/mol. The Morgan fingerprint density at radius 1 is 1.00 bits per heavy atom. The van der Waals surface area contributed by atoms with Crippen molar-refractivity contribution in [1.29, 1.82) is 0 Å². The average molecular weight is 326 g/mol. The number of nitro groups is 1. The molecule has 2 amide bonds. The summed E-state index contributed by atoms with van der Waals surface area (Å²) in [6.07, 6.45) is 5.89. The first-order chi connectivity index (χ1) is 11.4. The maximum atomic E-state index is 13.0. The summed E-state index contributed by atoms with van der Waals surface area (Å²) in [5.41, 5.74) is 1.53. The molecule has 1 saturated carbocycles. The molecule has 0 radical (unpaired) electrons. The molecule has 0 unspecified atom stereocenters. The van der Waals surface area contributed by atoms with Crippen LogP contribution in [0.5, 0.6) is 0 Å². The third-order valence-electron chi connectivity index (χ3n) is 5.79. The van der Waals surface area contributed by atoms with Gasteiger partial charge in [-0.25, -0.2) is 4.90 Å². The van der Waals surface area contributed by atoms with Gasteiger partial charge >= 0.3 is 0 Å². The number of allylic oxidation sites excluding steroid dienone is 2. The number of nitrogens with zero attached hydrogens (tertiary/aromatic N) is 2. The van der Waals surface area contributed by atoms with Crippen molar-refractivity contribution in [2.24, 2.45) is 23.7 Å². The predicted octanol–water partition coefficient (Wildman–Crippen LogP) is 2.91. The van der Waals surface area contributed by atoms with Crippen LogP contribution in [-0.2, 0) is 9.59 Å². The Hall–Kier alpha value is -2.50. The number of aryl methyl sites for hydroxylation is 2. The van der Waals surface area contributed by atoms with E-state index in [1.165, 1.54) is 6.07 Å². The molecule has 1 saturated heterocycles. The average Bonchev–Trinajstić information content (AvgIpc) is 2.84. The number of carbonyl (C=O) groups is 2. The minimum absolute atomic E-state index is 0.0760. The van der Waals surface area contributed by atoms with Gasteiger partial charge in [0.2, 0.25) is 11.8 Å². The van der Waals surface area contributed by atoms with Crippen LogP contribution in [0, 0.1) is 47.6 Å². The van der Waals surface area contributed by atoms with Gasteiger partial charge in [0.25, 0.3) is 5.69 Å². The summed E-state index contributed by atoms with van der Waals surface area (Å²) in [5.74, 6) is -1.13. The fraction of sp³-hybridized carbons (Fsp3) is 0.444. The van der Waals surface area contributed by atoms with Gasteiger partial charge in [0.15, 0.2) is 0 Å². The van der Waals surface area contributed by atoms with E-state index in [0.717, 1.165) is 28.9 Å². The number of amides is 2. The first-order valence-corrected chi connectivity index (χ1v) is 8.22. The van der Waals surface area contributed by atoms with E-state index in [2.05, 4.69) is 0 Å². The highest BCUT2D eigenvalue weighted by atomic mass is 16.6. The summed E-state index contributed by atoms with van der Waals surface area (Å²) in [4.78, 5) is 37.9. The molecule has 1 aliphatic heterocycles. The van der Waals surface area contributed by atoms with Gasteiger partial charge in [-0.1, -0.05) is 12.2 Å². The van der Waals surface area contributed by atoms with Crippen LogP contribution in [0.15, 0.2) is 24.3 Å². The zero-order chi connectivity index (χ0) is 17.2. The molecule has 4 aliphatic rings. The minimum atomic E-state index is -0.517. The molecule has 1 aromatic carbocycles. The number of fused-ring (bicyclic) bond motifs is 1. The number of anilines is 1. The van der Waals surface area contributed by atoms with Crippen LogP contribution < -0.4 is 4.90 Å². The van der Waals surface area contributed by atoms with E-state index in [1.807, 2.05) is 19.1 Å². The molecule has 1 aromatic rings. The lowest BCUT2D eigenvalue weighted by molar-refractivity contribution is -0.384. The minimum Gasteiger partial charge on any atom is -0.274 e. The van der Waals surface area contributed by atoms with Crippen LogP contribution in [0.3, 0.4) is 0 Å². The second-order valence-corrected chi connectivity index (χ2v) is 7.04. The smallest absolute Gasteiger partial charge is 0.274 e. The van der Waals surface area contributed by atoms with Gasteiger partial charge in [-0.2, -0.15) is 0 Å². The van der Waals surface area contributed by atoms with Crippen molar-refractivity contribution in [3.05, 3.63) is 45.5 Å². The number of benzene rings is 1. The fourth-order valence-corrected chi connectivity index (χ4v) is 4.42. The van der Waals surface area contributed by atoms with Gasteiger partial charge in [-0.15, -0.1) is 0 Å². The molecule has 6 heteroatoms. The third kappa shape index (κ3) is 1.89.